The number of primary amides is 1. The number of benzene rings is 2. The van der Waals surface area contributed by atoms with Crippen LogP contribution in [0.1, 0.15) is 43.6 Å². The first kappa shape index (κ1) is 16.4. The van der Waals surface area contributed by atoms with Crippen molar-refractivity contribution in [2.24, 2.45) is 5.73 Å². The van der Waals surface area contributed by atoms with Crippen LogP contribution in [0, 0.1) is 6.92 Å². The number of amides is 1. The monoisotopic (exact) mass is 311 g/mol. The SMILES string of the molecule is Cc1ccc(C(=O)C(C)OC(=O)c2ccc(C(N)=O)cc2)cc1. The second-order valence-electron chi connectivity index (χ2n) is 5.22. The molecular weight excluding hydrogens is 294 g/mol. The van der Waals surface area contributed by atoms with Gasteiger partial charge in [-0.25, -0.2) is 4.79 Å². The normalized spacial score (nSPS) is 11.6. The Morgan fingerprint density at radius 2 is 1.35 bits per heavy atom. The number of esters is 1. The van der Waals surface area contributed by atoms with E-state index in [2.05, 4.69) is 0 Å². The highest BCUT2D eigenvalue weighted by Crippen LogP contribution is 2.11. The average molecular weight is 311 g/mol. The summed E-state index contributed by atoms with van der Waals surface area (Å²) in [5.74, 6) is -1.48. The molecule has 1 amide bonds. The summed E-state index contributed by atoms with van der Waals surface area (Å²) >= 11 is 0. The fourth-order valence-electron chi connectivity index (χ4n) is 2.01. The standard InChI is InChI=1S/C18H17NO4/c1-11-3-5-13(6-4-11)16(20)12(2)23-18(22)15-9-7-14(8-10-15)17(19)21/h3-10,12H,1-2H3,(H2,19,21). The smallest absolute Gasteiger partial charge is 0.338 e. The molecule has 0 fully saturated rings. The van der Waals surface area contributed by atoms with Crippen LogP contribution >= 0.6 is 0 Å². The molecule has 0 aliphatic heterocycles. The van der Waals surface area contributed by atoms with Gasteiger partial charge in [-0.2, -0.15) is 0 Å². The molecule has 1 unspecified atom stereocenters. The summed E-state index contributed by atoms with van der Waals surface area (Å²) < 4.78 is 5.18. The highest BCUT2D eigenvalue weighted by Gasteiger charge is 2.20. The third kappa shape index (κ3) is 4.03. The lowest BCUT2D eigenvalue weighted by Gasteiger charge is -2.12. The molecule has 0 saturated carbocycles. The van der Waals surface area contributed by atoms with Gasteiger partial charge in [0.2, 0.25) is 11.7 Å². The molecule has 2 N–H and O–H groups in total. The second kappa shape index (κ2) is 6.87. The van der Waals surface area contributed by atoms with Crippen LogP contribution in [0.2, 0.25) is 0 Å². The Kier molecular flexibility index (Phi) is 4.91. The molecule has 1 atom stereocenters. The third-order valence-corrected chi connectivity index (χ3v) is 3.39. The van der Waals surface area contributed by atoms with Gasteiger partial charge >= 0.3 is 5.97 Å². The average Bonchev–Trinajstić information content (AvgIpc) is 2.54. The molecule has 0 radical (unpaired) electrons. The lowest BCUT2D eigenvalue weighted by atomic mass is 10.1. The lowest BCUT2D eigenvalue weighted by Crippen LogP contribution is -2.24. The minimum Gasteiger partial charge on any atom is -0.451 e. The summed E-state index contributed by atoms with van der Waals surface area (Å²) in [6.45, 7) is 3.45. The summed E-state index contributed by atoms with van der Waals surface area (Å²) in [4.78, 5) is 35.3. The Hall–Kier alpha value is -2.95. The first-order valence-corrected chi connectivity index (χ1v) is 7.10. The zero-order chi connectivity index (χ0) is 17.0. The summed E-state index contributed by atoms with van der Waals surface area (Å²) in [5, 5.41) is 0. The van der Waals surface area contributed by atoms with E-state index in [1.165, 1.54) is 31.2 Å². The molecule has 2 aromatic rings. The van der Waals surface area contributed by atoms with Gasteiger partial charge in [-0.15, -0.1) is 0 Å². The van der Waals surface area contributed by atoms with Crippen LogP contribution in [-0.4, -0.2) is 23.8 Å². The van der Waals surface area contributed by atoms with E-state index >= 15 is 0 Å². The summed E-state index contributed by atoms with van der Waals surface area (Å²) in [7, 11) is 0. The van der Waals surface area contributed by atoms with Crippen LogP contribution in [0.15, 0.2) is 48.5 Å². The maximum atomic E-state index is 12.2. The van der Waals surface area contributed by atoms with E-state index in [1.54, 1.807) is 12.1 Å². The number of carbonyl (C=O) groups is 3. The van der Waals surface area contributed by atoms with Gasteiger partial charge in [0.1, 0.15) is 0 Å². The molecule has 5 heteroatoms. The molecule has 0 bridgehead atoms. The molecule has 0 saturated heterocycles. The van der Waals surface area contributed by atoms with Crippen LogP contribution in [-0.2, 0) is 4.74 Å². The number of rotatable bonds is 5. The van der Waals surface area contributed by atoms with Gasteiger partial charge in [0.15, 0.2) is 6.10 Å². The zero-order valence-corrected chi connectivity index (χ0v) is 12.9. The van der Waals surface area contributed by atoms with Gasteiger partial charge in [0, 0.05) is 11.1 Å². The molecule has 2 rings (SSSR count). The summed E-state index contributed by atoms with van der Waals surface area (Å²) in [6, 6.07) is 12.8. The Balaban J connectivity index is 2.05. The van der Waals surface area contributed by atoms with Crippen molar-refractivity contribution >= 4 is 17.7 Å². The topological polar surface area (TPSA) is 86.5 Å². The van der Waals surface area contributed by atoms with Gasteiger partial charge in [0.05, 0.1) is 5.56 Å². The Labute approximate surface area is 134 Å². The highest BCUT2D eigenvalue weighted by atomic mass is 16.5. The first-order valence-electron chi connectivity index (χ1n) is 7.10. The van der Waals surface area contributed by atoms with E-state index in [0.717, 1.165) is 5.56 Å². The fraction of sp³-hybridized carbons (Fsp3) is 0.167. The minimum atomic E-state index is -0.902. The van der Waals surface area contributed by atoms with Crippen molar-refractivity contribution in [1.82, 2.24) is 0 Å². The van der Waals surface area contributed by atoms with Crippen molar-refractivity contribution in [3.8, 4) is 0 Å². The summed E-state index contributed by atoms with van der Waals surface area (Å²) in [6.07, 6.45) is -0.902. The third-order valence-electron chi connectivity index (χ3n) is 3.39. The van der Waals surface area contributed by atoms with Crippen molar-refractivity contribution in [2.75, 3.05) is 0 Å². The highest BCUT2D eigenvalue weighted by molar-refractivity contribution is 6.01. The largest absolute Gasteiger partial charge is 0.451 e. The molecule has 0 aliphatic carbocycles. The van der Waals surface area contributed by atoms with Crippen LogP contribution in [0.3, 0.4) is 0 Å². The van der Waals surface area contributed by atoms with Crippen molar-refractivity contribution in [2.45, 2.75) is 20.0 Å². The number of ketones is 1. The molecule has 5 nitrogen and oxygen atoms in total. The Morgan fingerprint density at radius 3 is 1.87 bits per heavy atom. The Bertz CT molecular complexity index is 733. The van der Waals surface area contributed by atoms with E-state index in [0.29, 0.717) is 11.1 Å². The lowest BCUT2D eigenvalue weighted by molar-refractivity contribution is 0.0318. The second-order valence-corrected chi connectivity index (χ2v) is 5.22. The number of nitrogens with two attached hydrogens (primary N) is 1. The van der Waals surface area contributed by atoms with E-state index in [-0.39, 0.29) is 11.3 Å². The van der Waals surface area contributed by atoms with Gasteiger partial charge in [0.25, 0.3) is 0 Å². The van der Waals surface area contributed by atoms with Crippen molar-refractivity contribution < 1.29 is 19.1 Å². The predicted molar refractivity (Wildman–Crippen MR) is 85.3 cm³/mol. The molecule has 0 spiro atoms. The quantitative estimate of drug-likeness (QED) is 0.679. The maximum absolute atomic E-state index is 12.2. The van der Waals surface area contributed by atoms with Crippen LogP contribution < -0.4 is 5.73 Å². The van der Waals surface area contributed by atoms with Crippen LogP contribution in [0.25, 0.3) is 0 Å². The van der Waals surface area contributed by atoms with Crippen molar-refractivity contribution in [3.05, 3.63) is 70.8 Å². The van der Waals surface area contributed by atoms with E-state index in [9.17, 15) is 14.4 Å². The van der Waals surface area contributed by atoms with Crippen LogP contribution in [0.5, 0.6) is 0 Å². The fourth-order valence-corrected chi connectivity index (χ4v) is 2.01. The van der Waals surface area contributed by atoms with Gasteiger partial charge in [-0.3, -0.25) is 9.59 Å². The molecule has 0 heterocycles. The van der Waals surface area contributed by atoms with Crippen molar-refractivity contribution in [3.63, 3.8) is 0 Å². The first-order chi connectivity index (χ1) is 10.9. The number of Topliss-reactive ketones (excluding diaryl/α,β-unsaturated/α-hetero) is 1. The van der Waals surface area contributed by atoms with E-state index < -0.39 is 18.0 Å². The van der Waals surface area contributed by atoms with Crippen LogP contribution in [0.4, 0.5) is 0 Å². The molecule has 118 valence electrons. The molecule has 23 heavy (non-hydrogen) atoms. The number of ether oxygens (including phenoxy) is 1. The number of aryl methyl sites for hydroxylation is 1. The summed E-state index contributed by atoms with van der Waals surface area (Å²) in [5.41, 5.74) is 7.21. The Morgan fingerprint density at radius 1 is 0.870 bits per heavy atom. The van der Waals surface area contributed by atoms with Crippen molar-refractivity contribution in [1.29, 1.82) is 0 Å². The number of hydrogen-bond acceptors (Lipinski definition) is 4. The number of hydrogen-bond donors (Lipinski definition) is 1. The van der Waals surface area contributed by atoms with E-state index in [1.807, 2.05) is 19.1 Å². The van der Waals surface area contributed by atoms with Gasteiger partial charge in [-0.05, 0) is 38.1 Å². The maximum Gasteiger partial charge on any atom is 0.338 e. The molecule has 2 aromatic carbocycles. The molecular formula is C18H17NO4. The van der Waals surface area contributed by atoms with Gasteiger partial charge in [-0.1, -0.05) is 29.8 Å². The molecule has 0 aliphatic rings. The minimum absolute atomic E-state index is 0.249. The zero-order valence-electron chi connectivity index (χ0n) is 12.9. The molecule has 0 aromatic heterocycles. The van der Waals surface area contributed by atoms with E-state index in [4.69, 9.17) is 10.5 Å². The number of carbonyl (C=O) groups excluding carboxylic acids is 3. The predicted octanol–water partition coefficient (Wildman–Crippen LogP) is 2.52. The van der Waals surface area contributed by atoms with Gasteiger partial charge < -0.3 is 10.5 Å².